The van der Waals surface area contributed by atoms with Gasteiger partial charge < -0.3 is 20.9 Å². The lowest BCUT2D eigenvalue weighted by Gasteiger charge is -2.16. The van der Waals surface area contributed by atoms with E-state index in [0.29, 0.717) is 33.9 Å². The first-order valence-corrected chi connectivity index (χ1v) is 7.46. The highest BCUT2D eigenvalue weighted by Gasteiger charge is 2.16. The molecule has 5 N–H and O–H groups in total. The topological polar surface area (TPSA) is 111 Å². The van der Waals surface area contributed by atoms with E-state index in [1.54, 1.807) is 32.4 Å². The Morgan fingerprint density at radius 2 is 1.67 bits per heavy atom. The summed E-state index contributed by atoms with van der Waals surface area (Å²) in [4.78, 5) is 11.4. The van der Waals surface area contributed by atoms with Crippen LogP contribution in [-0.2, 0) is 6.42 Å². The fourth-order valence-corrected chi connectivity index (χ4v) is 2.56. The lowest BCUT2D eigenvalue weighted by atomic mass is 9.96. The molecule has 6 heteroatoms. The molecule has 6 nitrogen and oxygen atoms in total. The number of amides is 1. The summed E-state index contributed by atoms with van der Waals surface area (Å²) in [5.41, 5.74) is 14.1. The van der Waals surface area contributed by atoms with Gasteiger partial charge in [0, 0.05) is 27.9 Å². The van der Waals surface area contributed by atoms with Crippen LogP contribution in [0.15, 0.2) is 30.3 Å². The molecule has 1 amide bonds. The molecule has 0 fully saturated rings. The highest BCUT2D eigenvalue weighted by Crippen LogP contribution is 2.32. The van der Waals surface area contributed by atoms with E-state index in [4.69, 9.17) is 26.4 Å². The Bertz CT molecular complexity index is 775. The number of ether oxygens (including phenoxy) is 2. The number of anilines is 1. The number of hydrogen-bond acceptors (Lipinski definition) is 5. The zero-order chi connectivity index (χ0) is 17.9. The van der Waals surface area contributed by atoms with Crippen LogP contribution in [0.1, 0.15) is 34.0 Å². The molecule has 0 spiro atoms. The van der Waals surface area contributed by atoms with E-state index in [2.05, 4.69) is 0 Å². The Morgan fingerprint density at radius 1 is 1.08 bits per heavy atom. The highest BCUT2D eigenvalue weighted by atomic mass is 16.5. The third kappa shape index (κ3) is 3.17. The fourth-order valence-electron chi connectivity index (χ4n) is 2.56. The molecule has 0 aromatic heterocycles. The van der Waals surface area contributed by atoms with Crippen molar-refractivity contribution in [3.8, 4) is 11.5 Å². The number of nitrogen functional groups attached to an aromatic ring is 1. The van der Waals surface area contributed by atoms with Gasteiger partial charge in [0.25, 0.3) is 0 Å². The van der Waals surface area contributed by atoms with Crippen LogP contribution >= 0.6 is 0 Å². The average molecular weight is 327 g/mol. The maximum Gasteiger partial charge on any atom is 0.248 e. The van der Waals surface area contributed by atoms with Crippen molar-refractivity contribution in [2.75, 3.05) is 20.0 Å². The Morgan fingerprint density at radius 3 is 2.12 bits per heavy atom. The second kappa shape index (κ2) is 7.04. The molecule has 2 aromatic rings. The van der Waals surface area contributed by atoms with E-state index in [1.165, 1.54) is 12.1 Å². The summed E-state index contributed by atoms with van der Waals surface area (Å²) in [6.07, 6.45) is 0.735. The third-order valence-electron chi connectivity index (χ3n) is 3.86. The molecular formula is C18H21N3O3. The van der Waals surface area contributed by atoms with Crippen molar-refractivity contribution in [3.63, 3.8) is 0 Å². The summed E-state index contributed by atoms with van der Waals surface area (Å²) in [5, 5.41) is 8.48. The standard InChI is InChI=1S/C18H21N3O3/c1-4-12-15(23-2)8-11(9-16(12)24-3)17(20)13-7-10(18(21)22)5-6-14(13)19/h5-9,20H,4,19H2,1-3H3,(H2,21,22). The molecule has 0 bridgehead atoms. The Labute approximate surface area is 140 Å². The maximum atomic E-state index is 11.4. The Balaban J connectivity index is 2.58. The molecule has 126 valence electrons. The summed E-state index contributed by atoms with van der Waals surface area (Å²) in [7, 11) is 3.15. The van der Waals surface area contributed by atoms with Gasteiger partial charge in [-0.05, 0) is 36.8 Å². The van der Waals surface area contributed by atoms with Crippen molar-refractivity contribution >= 4 is 17.3 Å². The van der Waals surface area contributed by atoms with Crippen molar-refractivity contribution in [1.29, 1.82) is 5.41 Å². The molecule has 0 saturated heterocycles. The van der Waals surface area contributed by atoms with Gasteiger partial charge >= 0.3 is 0 Å². The number of primary amides is 1. The first-order chi connectivity index (χ1) is 11.4. The van der Waals surface area contributed by atoms with E-state index in [0.717, 1.165) is 12.0 Å². The quantitative estimate of drug-likeness (QED) is 0.558. The molecule has 2 rings (SSSR count). The van der Waals surface area contributed by atoms with Crippen molar-refractivity contribution < 1.29 is 14.3 Å². The first-order valence-electron chi connectivity index (χ1n) is 7.46. The van der Waals surface area contributed by atoms with E-state index < -0.39 is 5.91 Å². The van der Waals surface area contributed by atoms with Crippen LogP contribution in [-0.4, -0.2) is 25.8 Å². The third-order valence-corrected chi connectivity index (χ3v) is 3.86. The van der Waals surface area contributed by atoms with Crippen LogP contribution < -0.4 is 20.9 Å². The predicted octanol–water partition coefficient (Wildman–Crippen LogP) is 2.36. The molecular weight excluding hydrogens is 306 g/mol. The monoisotopic (exact) mass is 327 g/mol. The number of hydrogen-bond donors (Lipinski definition) is 3. The summed E-state index contributed by atoms with van der Waals surface area (Å²) in [6.45, 7) is 2.00. The molecule has 0 aliphatic carbocycles. The Hall–Kier alpha value is -3.02. The molecule has 2 aromatic carbocycles. The maximum absolute atomic E-state index is 11.4. The molecule has 0 heterocycles. The van der Waals surface area contributed by atoms with Gasteiger partial charge in [-0.2, -0.15) is 0 Å². The largest absolute Gasteiger partial charge is 0.496 e. The van der Waals surface area contributed by atoms with Crippen LogP contribution in [0.5, 0.6) is 11.5 Å². The van der Waals surface area contributed by atoms with Gasteiger partial charge in [-0.1, -0.05) is 6.92 Å². The Kier molecular flexibility index (Phi) is 5.08. The van der Waals surface area contributed by atoms with Gasteiger partial charge in [-0.25, -0.2) is 0 Å². The minimum Gasteiger partial charge on any atom is -0.496 e. The smallest absolute Gasteiger partial charge is 0.248 e. The fraction of sp³-hybridized carbons (Fsp3) is 0.222. The average Bonchev–Trinajstić information content (AvgIpc) is 2.59. The molecule has 24 heavy (non-hydrogen) atoms. The number of carbonyl (C=O) groups excluding carboxylic acids is 1. The van der Waals surface area contributed by atoms with E-state index in [1.807, 2.05) is 6.92 Å². The number of benzene rings is 2. The van der Waals surface area contributed by atoms with Crippen LogP contribution in [0.25, 0.3) is 0 Å². The van der Waals surface area contributed by atoms with Crippen molar-refractivity contribution in [2.24, 2.45) is 5.73 Å². The lowest BCUT2D eigenvalue weighted by molar-refractivity contribution is 0.100. The first kappa shape index (κ1) is 17.3. The lowest BCUT2D eigenvalue weighted by Crippen LogP contribution is -2.14. The molecule has 0 radical (unpaired) electrons. The zero-order valence-corrected chi connectivity index (χ0v) is 14.0. The minimum absolute atomic E-state index is 0.162. The van der Waals surface area contributed by atoms with Crippen molar-refractivity contribution in [3.05, 3.63) is 52.6 Å². The van der Waals surface area contributed by atoms with Gasteiger partial charge in [0.15, 0.2) is 0 Å². The van der Waals surface area contributed by atoms with Gasteiger partial charge in [-0.3, -0.25) is 10.2 Å². The number of nitrogens with two attached hydrogens (primary N) is 2. The summed E-state index contributed by atoms with van der Waals surface area (Å²) in [5.74, 6) is 0.711. The van der Waals surface area contributed by atoms with E-state index in [9.17, 15) is 4.79 Å². The molecule has 0 atom stereocenters. The molecule has 0 aliphatic rings. The van der Waals surface area contributed by atoms with Gasteiger partial charge in [-0.15, -0.1) is 0 Å². The minimum atomic E-state index is -0.569. The normalized spacial score (nSPS) is 10.3. The second-order valence-electron chi connectivity index (χ2n) is 5.25. The molecule has 0 aliphatic heterocycles. The molecule has 0 unspecified atom stereocenters. The summed E-state index contributed by atoms with van der Waals surface area (Å²) in [6, 6.07) is 8.15. The van der Waals surface area contributed by atoms with Gasteiger partial charge in [0.1, 0.15) is 11.5 Å². The highest BCUT2D eigenvalue weighted by molar-refractivity contribution is 6.15. The number of nitrogens with one attached hydrogen (secondary N) is 1. The van der Waals surface area contributed by atoms with Crippen molar-refractivity contribution in [1.82, 2.24) is 0 Å². The predicted molar refractivity (Wildman–Crippen MR) is 94.2 cm³/mol. The van der Waals surface area contributed by atoms with Crippen molar-refractivity contribution in [2.45, 2.75) is 13.3 Å². The van der Waals surface area contributed by atoms with E-state index in [-0.39, 0.29) is 5.71 Å². The van der Waals surface area contributed by atoms with Crippen LogP contribution in [0.4, 0.5) is 5.69 Å². The van der Waals surface area contributed by atoms with Gasteiger partial charge in [0.05, 0.1) is 19.9 Å². The summed E-state index contributed by atoms with van der Waals surface area (Å²) < 4.78 is 10.8. The summed E-state index contributed by atoms with van der Waals surface area (Å²) >= 11 is 0. The molecule has 0 saturated carbocycles. The number of methoxy groups -OCH3 is 2. The SMILES string of the molecule is CCc1c(OC)cc(C(=N)c2cc(C(N)=O)ccc2N)cc1OC. The van der Waals surface area contributed by atoms with Crippen LogP contribution in [0, 0.1) is 5.41 Å². The number of rotatable bonds is 6. The van der Waals surface area contributed by atoms with E-state index >= 15 is 0 Å². The van der Waals surface area contributed by atoms with Crippen LogP contribution in [0.3, 0.4) is 0 Å². The second-order valence-corrected chi connectivity index (χ2v) is 5.25. The zero-order valence-electron chi connectivity index (χ0n) is 14.0. The number of carbonyl (C=O) groups is 1. The van der Waals surface area contributed by atoms with Crippen LogP contribution in [0.2, 0.25) is 0 Å². The van der Waals surface area contributed by atoms with Gasteiger partial charge in [0.2, 0.25) is 5.91 Å².